The van der Waals surface area contributed by atoms with Gasteiger partial charge in [-0.15, -0.1) is 0 Å². The Morgan fingerprint density at radius 3 is 2.43 bits per heavy atom. The normalized spacial score (nSPS) is 17.0. The molecule has 11 heteroatoms. The van der Waals surface area contributed by atoms with Crippen LogP contribution in [-0.4, -0.2) is 82.0 Å². The van der Waals surface area contributed by atoms with Crippen LogP contribution in [0, 0.1) is 0 Å². The van der Waals surface area contributed by atoms with Crippen LogP contribution in [0.2, 0.25) is 0 Å². The molecule has 0 atom stereocenters. The largest absolute Gasteiger partial charge is 0.354 e. The maximum absolute atomic E-state index is 12.6. The number of aromatic nitrogens is 1. The number of nitrogens with one attached hydrogen (secondary N) is 4. The van der Waals surface area contributed by atoms with E-state index >= 15 is 0 Å². The van der Waals surface area contributed by atoms with Crippen molar-refractivity contribution < 1.29 is 18.0 Å². The van der Waals surface area contributed by atoms with E-state index < -0.39 is 15.9 Å². The Kier molecular flexibility index (Phi) is 9.26. The Morgan fingerprint density at radius 2 is 1.70 bits per heavy atom. The van der Waals surface area contributed by atoms with Crippen molar-refractivity contribution in [2.24, 2.45) is 0 Å². The second-order valence-corrected chi connectivity index (χ2v) is 11.5. The predicted octanol–water partition coefficient (Wildman–Crippen LogP) is 1.68. The van der Waals surface area contributed by atoms with E-state index in [0.717, 1.165) is 32.0 Å². The van der Waals surface area contributed by atoms with Crippen molar-refractivity contribution in [3.05, 3.63) is 59.8 Å². The van der Waals surface area contributed by atoms with Crippen LogP contribution in [-0.2, 0) is 9.84 Å². The first-order valence-electron chi connectivity index (χ1n) is 12.6. The molecule has 0 radical (unpaired) electrons. The number of benzene rings is 1. The quantitative estimate of drug-likeness (QED) is 0.287. The Labute approximate surface area is 217 Å². The van der Waals surface area contributed by atoms with Crippen molar-refractivity contribution >= 4 is 39.2 Å². The van der Waals surface area contributed by atoms with Gasteiger partial charge in [0.25, 0.3) is 0 Å². The molecule has 10 nitrogen and oxygen atoms in total. The second kappa shape index (κ2) is 12.8. The molecule has 0 saturated carbocycles. The number of allylic oxidation sites excluding steroid dienone is 1. The number of nitrogens with zero attached hydrogens (tertiary/aromatic N) is 2. The van der Waals surface area contributed by atoms with Gasteiger partial charge in [-0.1, -0.05) is 6.07 Å². The average molecular weight is 527 g/mol. The molecule has 4 rings (SSSR count). The number of rotatable bonds is 9. The first-order valence-corrected chi connectivity index (χ1v) is 14.3. The summed E-state index contributed by atoms with van der Waals surface area (Å²) in [5.74, 6) is 0.639. The molecule has 0 spiro atoms. The van der Waals surface area contributed by atoms with Gasteiger partial charge in [0.05, 0.1) is 16.7 Å². The van der Waals surface area contributed by atoms with E-state index in [1.165, 1.54) is 6.08 Å². The zero-order chi connectivity index (χ0) is 26.1. The smallest absolute Gasteiger partial charge is 0.319 e. The van der Waals surface area contributed by atoms with Crippen LogP contribution in [0.3, 0.4) is 0 Å². The minimum Gasteiger partial charge on any atom is -0.354 e. The second-order valence-electron chi connectivity index (χ2n) is 9.13. The van der Waals surface area contributed by atoms with Crippen molar-refractivity contribution in [3.63, 3.8) is 0 Å². The molecule has 0 aliphatic carbocycles. The van der Waals surface area contributed by atoms with Crippen LogP contribution in [0.15, 0.2) is 48.5 Å². The lowest BCUT2D eigenvalue weighted by Gasteiger charge is -2.28. The van der Waals surface area contributed by atoms with Gasteiger partial charge >= 0.3 is 6.03 Å². The predicted molar refractivity (Wildman–Crippen MR) is 146 cm³/mol. The topological polar surface area (TPSA) is 133 Å². The van der Waals surface area contributed by atoms with Crippen molar-refractivity contribution in [3.8, 4) is 0 Å². The Bertz CT molecular complexity index is 1200. The lowest BCUT2D eigenvalue weighted by molar-refractivity contribution is 0.104. The minimum absolute atomic E-state index is 0.0450. The summed E-state index contributed by atoms with van der Waals surface area (Å²) in [6.45, 7) is 5.09. The monoisotopic (exact) mass is 526 g/mol. The van der Waals surface area contributed by atoms with Gasteiger partial charge in [0.2, 0.25) is 0 Å². The molecule has 37 heavy (non-hydrogen) atoms. The number of pyridine rings is 1. The molecule has 2 amide bonds. The van der Waals surface area contributed by atoms with Gasteiger partial charge in [0.1, 0.15) is 5.82 Å². The fourth-order valence-corrected chi connectivity index (χ4v) is 6.05. The van der Waals surface area contributed by atoms with Gasteiger partial charge in [0, 0.05) is 44.0 Å². The third kappa shape index (κ3) is 7.85. The molecule has 1 aromatic heterocycles. The Hall–Kier alpha value is -3.28. The first-order chi connectivity index (χ1) is 17.9. The molecule has 0 unspecified atom stereocenters. The molecule has 2 saturated heterocycles. The van der Waals surface area contributed by atoms with Crippen LogP contribution in [0.5, 0.6) is 0 Å². The molecule has 2 fully saturated rings. The number of ketones is 1. The summed E-state index contributed by atoms with van der Waals surface area (Å²) in [5, 5.41) is 11.4. The molecule has 0 bridgehead atoms. The summed E-state index contributed by atoms with van der Waals surface area (Å²) < 4.78 is 24.8. The molecule has 2 aromatic rings. The van der Waals surface area contributed by atoms with Crippen molar-refractivity contribution in [2.75, 3.05) is 61.8 Å². The van der Waals surface area contributed by atoms with Gasteiger partial charge in [-0.3, -0.25) is 4.79 Å². The highest BCUT2D eigenvalue weighted by atomic mass is 32.2. The average Bonchev–Trinajstić information content (AvgIpc) is 2.93. The number of hydrogen-bond donors (Lipinski definition) is 4. The number of piperazine rings is 1. The van der Waals surface area contributed by atoms with Gasteiger partial charge < -0.3 is 26.2 Å². The zero-order valence-electron chi connectivity index (χ0n) is 20.8. The summed E-state index contributed by atoms with van der Waals surface area (Å²) in [7, 11) is -3.24. The fourth-order valence-electron chi connectivity index (χ4n) is 4.38. The highest BCUT2D eigenvalue weighted by molar-refractivity contribution is 7.92. The third-order valence-electron chi connectivity index (χ3n) is 6.50. The number of piperidine rings is 1. The number of hydrogen-bond acceptors (Lipinski definition) is 8. The van der Waals surface area contributed by atoms with Gasteiger partial charge in [-0.2, -0.15) is 0 Å². The standard InChI is InChI=1S/C26H34N6O4S/c33-24(9-8-21-2-1-3-25(30-21)32-17-14-28-15-18-32)20-4-6-22(7-5-20)31-26(34)29-16-19-37(35,36)23-10-12-27-13-11-23/h1-9,23,27-28H,10-19H2,(H2,29,31,34)/b9-8+. The van der Waals surface area contributed by atoms with E-state index in [-0.39, 0.29) is 23.3 Å². The zero-order valence-corrected chi connectivity index (χ0v) is 21.6. The van der Waals surface area contributed by atoms with E-state index in [1.54, 1.807) is 30.3 Å². The van der Waals surface area contributed by atoms with Crippen molar-refractivity contribution in [2.45, 2.75) is 18.1 Å². The number of anilines is 2. The maximum atomic E-state index is 12.6. The van der Waals surface area contributed by atoms with Crippen LogP contribution in [0.1, 0.15) is 28.9 Å². The molecular weight excluding hydrogens is 492 g/mol. The van der Waals surface area contributed by atoms with Crippen LogP contribution in [0.4, 0.5) is 16.3 Å². The SMILES string of the molecule is O=C(NCCS(=O)(=O)C1CCNCC1)Nc1ccc(C(=O)/C=C/c2cccc(N3CCNCC3)n2)cc1. The maximum Gasteiger partial charge on any atom is 0.319 e. The number of carbonyl (C=O) groups excluding carboxylic acids is 2. The minimum atomic E-state index is -3.24. The van der Waals surface area contributed by atoms with E-state index in [4.69, 9.17) is 0 Å². The summed E-state index contributed by atoms with van der Waals surface area (Å²) in [6.07, 6.45) is 4.40. The number of amides is 2. The molecule has 3 heterocycles. The molecule has 198 valence electrons. The van der Waals surface area contributed by atoms with Gasteiger partial charge in [-0.05, 0) is 74.5 Å². The fraction of sp³-hybridized carbons (Fsp3) is 0.423. The molecule has 2 aliphatic heterocycles. The van der Waals surface area contributed by atoms with Crippen LogP contribution in [0.25, 0.3) is 6.08 Å². The summed E-state index contributed by atoms with van der Waals surface area (Å²) in [4.78, 5) is 31.6. The van der Waals surface area contributed by atoms with E-state index in [9.17, 15) is 18.0 Å². The summed E-state index contributed by atoms with van der Waals surface area (Å²) >= 11 is 0. The van der Waals surface area contributed by atoms with Crippen molar-refractivity contribution in [1.82, 2.24) is 20.9 Å². The van der Waals surface area contributed by atoms with Crippen molar-refractivity contribution in [1.29, 1.82) is 0 Å². The van der Waals surface area contributed by atoms with E-state index in [0.29, 0.717) is 42.9 Å². The molecule has 4 N–H and O–H groups in total. The van der Waals surface area contributed by atoms with E-state index in [2.05, 4.69) is 31.2 Å². The lowest BCUT2D eigenvalue weighted by atomic mass is 10.1. The number of sulfone groups is 1. The molecule has 1 aromatic carbocycles. The molecular formula is C26H34N6O4S. The van der Waals surface area contributed by atoms with Gasteiger partial charge in [0.15, 0.2) is 15.6 Å². The Morgan fingerprint density at radius 1 is 1.00 bits per heavy atom. The summed E-state index contributed by atoms with van der Waals surface area (Å²) in [6, 6.07) is 11.8. The van der Waals surface area contributed by atoms with Crippen LogP contribution >= 0.6 is 0 Å². The highest BCUT2D eigenvalue weighted by Crippen LogP contribution is 2.15. The summed E-state index contributed by atoms with van der Waals surface area (Å²) in [5.41, 5.74) is 1.69. The Balaban J connectivity index is 1.24. The number of urea groups is 1. The number of carbonyl (C=O) groups is 2. The lowest BCUT2D eigenvalue weighted by Crippen LogP contribution is -2.43. The van der Waals surface area contributed by atoms with Gasteiger partial charge in [-0.25, -0.2) is 18.2 Å². The molecule has 2 aliphatic rings. The highest BCUT2D eigenvalue weighted by Gasteiger charge is 2.26. The van der Waals surface area contributed by atoms with Crippen LogP contribution < -0.4 is 26.2 Å². The third-order valence-corrected chi connectivity index (χ3v) is 8.76. The first kappa shape index (κ1) is 26.8. The van der Waals surface area contributed by atoms with E-state index in [1.807, 2.05) is 18.2 Å².